The van der Waals surface area contributed by atoms with E-state index in [4.69, 9.17) is 16.1 Å². The smallest absolute Gasteiger partial charge is 0.272 e. The third kappa shape index (κ3) is 5.30. The van der Waals surface area contributed by atoms with Crippen LogP contribution >= 0.6 is 31.9 Å². The van der Waals surface area contributed by atoms with Gasteiger partial charge in [0.15, 0.2) is 0 Å². The van der Waals surface area contributed by atoms with Crippen LogP contribution in [0.3, 0.4) is 0 Å². The van der Waals surface area contributed by atoms with E-state index in [9.17, 15) is 4.79 Å². The zero-order valence-corrected chi connectivity index (χ0v) is 20.4. The predicted molar refractivity (Wildman–Crippen MR) is 138 cm³/mol. The van der Waals surface area contributed by atoms with E-state index in [-0.39, 0.29) is 12.5 Å². The molecule has 4 aromatic rings. The van der Waals surface area contributed by atoms with Crippen molar-refractivity contribution in [1.82, 2.24) is 10.4 Å². The zero-order chi connectivity index (χ0) is 23.2. The summed E-state index contributed by atoms with van der Waals surface area (Å²) in [7, 11) is 0. The number of pyridine rings is 1. The minimum Gasteiger partial charge on any atom is -0.479 e. The fourth-order valence-electron chi connectivity index (χ4n) is 3.25. The summed E-state index contributed by atoms with van der Waals surface area (Å²) in [5.41, 5.74) is 6.27. The quantitative estimate of drug-likeness (QED) is 0.173. The number of ether oxygens (including phenoxy) is 1. The number of rotatable bonds is 6. The minimum absolute atomic E-state index is 0.158. The third-order valence-electron chi connectivity index (χ3n) is 4.73. The molecule has 0 bridgehead atoms. The second-order valence-electron chi connectivity index (χ2n) is 6.94. The SMILES string of the molecule is C#CCOc1c(Br)cc(/C=N/NC(=O)c2cc(-c3ccccc3)nc3ccccc23)cc1Br. The van der Waals surface area contributed by atoms with Crippen LogP contribution < -0.4 is 10.2 Å². The molecule has 5 nitrogen and oxygen atoms in total. The summed E-state index contributed by atoms with van der Waals surface area (Å²) < 4.78 is 6.94. The van der Waals surface area contributed by atoms with Gasteiger partial charge in [-0.05, 0) is 61.7 Å². The summed E-state index contributed by atoms with van der Waals surface area (Å²) in [5.74, 6) is 2.71. The Bertz CT molecular complexity index is 1370. The molecule has 1 amide bonds. The van der Waals surface area contributed by atoms with Crippen LogP contribution in [-0.2, 0) is 0 Å². The molecule has 33 heavy (non-hydrogen) atoms. The number of halogens is 2. The first-order valence-corrected chi connectivity index (χ1v) is 11.5. The van der Waals surface area contributed by atoms with Gasteiger partial charge < -0.3 is 4.74 Å². The topological polar surface area (TPSA) is 63.6 Å². The van der Waals surface area contributed by atoms with Gasteiger partial charge in [0.25, 0.3) is 5.91 Å². The maximum Gasteiger partial charge on any atom is 0.272 e. The van der Waals surface area contributed by atoms with Crippen molar-refractivity contribution in [3.05, 3.63) is 92.9 Å². The maximum absolute atomic E-state index is 13.0. The molecule has 0 saturated heterocycles. The Labute approximate surface area is 208 Å². The van der Waals surface area contributed by atoms with Crippen LogP contribution in [0.1, 0.15) is 15.9 Å². The molecule has 0 radical (unpaired) electrons. The van der Waals surface area contributed by atoms with Crippen molar-refractivity contribution < 1.29 is 9.53 Å². The van der Waals surface area contributed by atoms with Crippen molar-refractivity contribution in [3.8, 4) is 29.4 Å². The van der Waals surface area contributed by atoms with E-state index in [2.05, 4.69) is 48.3 Å². The number of aromatic nitrogens is 1. The molecule has 0 aliphatic carbocycles. The number of nitrogens with zero attached hydrogens (tertiary/aromatic N) is 2. The average Bonchev–Trinajstić information content (AvgIpc) is 2.83. The monoisotopic (exact) mass is 561 g/mol. The van der Waals surface area contributed by atoms with Crippen LogP contribution in [0.4, 0.5) is 0 Å². The lowest BCUT2D eigenvalue weighted by atomic mass is 10.0. The van der Waals surface area contributed by atoms with Crippen molar-refractivity contribution in [1.29, 1.82) is 0 Å². The van der Waals surface area contributed by atoms with Gasteiger partial charge in [-0.3, -0.25) is 4.79 Å². The van der Waals surface area contributed by atoms with Gasteiger partial charge in [0.2, 0.25) is 0 Å². The molecule has 162 valence electrons. The van der Waals surface area contributed by atoms with Crippen molar-refractivity contribution in [3.63, 3.8) is 0 Å². The fourth-order valence-corrected chi connectivity index (χ4v) is 4.70. The molecular formula is C26H17Br2N3O2. The molecule has 7 heteroatoms. The third-order valence-corrected chi connectivity index (χ3v) is 5.91. The molecule has 4 rings (SSSR count). The summed E-state index contributed by atoms with van der Waals surface area (Å²) in [4.78, 5) is 17.7. The Hall–Kier alpha value is -3.47. The largest absolute Gasteiger partial charge is 0.479 e. The highest BCUT2D eigenvalue weighted by atomic mass is 79.9. The summed E-state index contributed by atoms with van der Waals surface area (Å²) in [6.07, 6.45) is 6.81. The molecule has 0 fully saturated rings. The van der Waals surface area contributed by atoms with Gasteiger partial charge in [0.05, 0.1) is 31.9 Å². The van der Waals surface area contributed by atoms with Gasteiger partial charge in [-0.15, -0.1) is 6.42 Å². The van der Waals surface area contributed by atoms with E-state index in [1.54, 1.807) is 12.3 Å². The first-order valence-electron chi connectivity index (χ1n) is 9.90. The normalized spacial score (nSPS) is 10.8. The molecule has 1 N–H and O–H groups in total. The van der Waals surface area contributed by atoms with E-state index in [0.717, 1.165) is 27.7 Å². The van der Waals surface area contributed by atoms with E-state index in [1.807, 2.05) is 66.7 Å². The zero-order valence-electron chi connectivity index (χ0n) is 17.3. The summed E-state index contributed by atoms with van der Waals surface area (Å²) in [6, 6.07) is 22.7. The molecule has 0 saturated carbocycles. The van der Waals surface area contributed by atoms with Gasteiger partial charge in [0, 0.05) is 10.9 Å². The molecule has 0 unspecified atom stereocenters. The van der Waals surface area contributed by atoms with Crippen molar-refractivity contribution in [2.75, 3.05) is 6.61 Å². The predicted octanol–water partition coefficient (Wildman–Crippen LogP) is 6.20. The van der Waals surface area contributed by atoms with Gasteiger partial charge in [-0.2, -0.15) is 5.10 Å². The lowest BCUT2D eigenvalue weighted by molar-refractivity contribution is 0.0956. The van der Waals surface area contributed by atoms with Crippen molar-refractivity contribution in [2.24, 2.45) is 5.10 Å². The fraction of sp³-hybridized carbons (Fsp3) is 0.0385. The lowest BCUT2D eigenvalue weighted by Crippen LogP contribution is -2.18. The van der Waals surface area contributed by atoms with Crippen LogP contribution in [0.25, 0.3) is 22.2 Å². The van der Waals surface area contributed by atoms with Crippen LogP contribution in [0.15, 0.2) is 86.8 Å². The molecule has 3 aromatic carbocycles. The van der Waals surface area contributed by atoms with E-state index >= 15 is 0 Å². The molecule has 0 atom stereocenters. The number of hydrogen-bond acceptors (Lipinski definition) is 4. The van der Waals surface area contributed by atoms with Crippen LogP contribution in [-0.4, -0.2) is 23.7 Å². The summed E-state index contributed by atoms with van der Waals surface area (Å²) >= 11 is 6.93. The highest BCUT2D eigenvalue weighted by Crippen LogP contribution is 2.34. The number of carbonyl (C=O) groups is 1. The number of amides is 1. The Morgan fingerprint density at radius 1 is 1.06 bits per heavy atom. The first kappa shape index (κ1) is 22.7. The molecule has 0 aliphatic heterocycles. The Morgan fingerprint density at radius 3 is 2.48 bits per heavy atom. The second kappa shape index (κ2) is 10.4. The number of terminal acetylenes is 1. The number of fused-ring (bicyclic) bond motifs is 1. The molecule has 1 heterocycles. The summed E-state index contributed by atoms with van der Waals surface area (Å²) in [5, 5.41) is 4.90. The number of carbonyl (C=O) groups excluding carboxylic acids is 1. The number of nitrogens with one attached hydrogen (secondary N) is 1. The molecule has 0 aliphatic rings. The van der Waals surface area contributed by atoms with Gasteiger partial charge in [-0.25, -0.2) is 10.4 Å². The highest BCUT2D eigenvalue weighted by Gasteiger charge is 2.14. The number of hydrazone groups is 1. The van der Waals surface area contributed by atoms with Crippen LogP contribution in [0, 0.1) is 12.3 Å². The van der Waals surface area contributed by atoms with E-state index < -0.39 is 0 Å². The molecular weight excluding hydrogens is 546 g/mol. The number of para-hydroxylation sites is 1. The van der Waals surface area contributed by atoms with Gasteiger partial charge >= 0.3 is 0 Å². The molecule has 0 spiro atoms. The molecule has 1 aromatic heterocycles. The van der Waals surface area contributed by atoms with Gasteiger partial charge in [0.1, 0.15) is 12.4 Å². The van der Waals surface area contributed by atoms with Crippen LogP contribution in [0.5, 0.6) is 5.75 Å². The summed E-state index contributed by atoms with van der Waals surface area (Å²) in [6.45, 7) is 0.158. The Balaban J connectivity index is 1.60. The first-order chi connectivity index (χ1) is 16.1. The van der Waals surface area contributed by atoms with E-state index in [1.165, 1.54) is 0 Å². The van der Waals surface area contributed by atoms with E-state index in [0.29, 0.717) is 20.3 Å². The average molecular weight is 563 g/mol. The lowest BCUT2D eigenvalue weighted by Gasteiger charge is -2.09. The standard InChI is InChI=1S/C26H17Br2N3O2/c1-2-12-33-25-21(27)13-17(14-22(25)28)16-29-31-26(32)20-15-24(18-8-4-3-5-9-18)30-23-11-7-6-10-19(20)23/h1,3-11,13-16H,12H2,(H,31,32)/b29-16+. The number of benzene rings is 3. The van der Waals surface area contributed by atoms with Crippen molar-refractivity contribution >= 4 is 54.9 Å². The second-order valence-corrected chi connectivity index (χ2v) is 8.65. The van der Waals surface area contributed by atoms with Crippen LogP contribution in [0.2, 0.25) is 0 Å². The number of hydrogen-bond donors (Lipinski definition) is 1. The minimum atomic E-state index is -0.325. The Kier molecular flexibility index (Phi) is 7.18. The van der Waals surface area contributed by atoms with Crippen molar-refractivity contribution in [2.45, 2.75) is 0 Å². The maximum atomic E-state index is 13.0. The Morgan fingerprint density at radius 2 is 1.76 bits per heavy atom. The highest BCUT2D eigenvalue weighted by molar-refractivity contribution is 9.11. The van der Waals surface area contributed by atoms with Gasteiger partial charge in [-0.1, -0.05) is 54.5 Å².